The fourth-order valence-electron chi connectivity index (χ4n) is 2.06. The first-order chi connectivity index (χ1) is 10.1. The molecule has 0 amide bonds. The van der Waals surface area contributed by atoms with Crippen molar-refractivity contribution >= 4 is 23.0 Å². The van der Waals surface area contributed by atoms with Gasteiger partial charge in [0, 0.05) is 7.05 Å². The SMILES string of the molecule is Cc1ccc(N=C2NN(C)C2=Nc2ccc(C)cc2)cc1. The minimum atomic E-state index is 0.793. The van der Waals surface area contributed by atoms with Crippen LogP contribution in [0.4, 0.5) is 11.4 Å². The number of likely N-dealkylation sites (N-methyl/N-ethyl adjacent to an activating group) is 1. The molecule has 1 heterocycles. The summed E-state index contributed by atoms with van der Waals surface area (Å²) in [6, 6.07) is 16.3. The van der Waals surface area contributed by atoms with Gasteiger partial charge in [-0.1, -0.05) is 35.4 Å². The van der Waals surface area contributed by atoms with Crippen LogP contribution in [0.1, 0.15) is 11.1 Å². The smallest absolute Gasteiger partial charge is 0.192 e. The zero-order valence-corrected chi connectivity index (χ0v) is 12.5. The van der Waals surface area contributed by atoms with Gasteiger partial charge < -0.3 is 0 Å². The second-order valence-electron chi connectivity index (χ2n) is 5.24. The lowest BCUT2D eigenvalue weighted by Crippen LogP contribution is -2.61. The summed E-state index contributed by atoms with van der Waals surface area (Å²) < 4.78 is 0. The van der Waals surface area contributed by atoms with Crippen molar-refractivity contribution in [3.05, 3.63) is 59.7 Å². The van der Waals surface area contributed by atoms with Gasteiger partial charge in [0.15, 0.2) is 11.7 Å². The Balaban J connectivity index is 1.87. The van der Waals surface area contributed by atoms with E-state index < -0.39 is 0 Å². The highest BCUT2D eigenvalue weighted by molar-refractivity contribution is 6.45. The van der Waals surface area contributed by atoms with Gasteiger partial charge in [0.05, 0.1) is 11.4 Å². The Morgan fingerprint density at radius 1 is 0.762 bits per heavy atom. The number of hydrogen-bond acceptors (Lipinski definition) is 2. The standard InChI is InChI=1S/C17H18N4/c1-12-4-8-14(9-5-12)18-16-17(21(3)20-16)19-15-10-6-13(2)7-11-15/h4-11H,1-3H3,(H,18,20). The van der Waals surface area contributed by atoms with Crippen LogP contribution in [0.5, 0.6) is 0 Å². The average molecular weight is 278 g/mol. The third-order valence-electron chi connectivity index (χ3n) is 3.35. The minimum absolute atomic E-state index is 0.793. The normalized spacial score (nSPS) is 17.8. The van der Waals surface area contributed by atoms with Crippen LogP contribution in [0.3, 0.4) is 0 Å². The van der Waals surface area contributed by atoms with Crippen molar-refractivity contribution in [1.29, 1.82) is 0 Å². The maximum atomic E-state index is 4.63. The summed E-state index contributed by atoms with van der Waals surface area (Å²) in [4.78, 5) is 9.21. The predicted molar refractivity (Wildman–Crippen MR) is 87.4 cm³/mol. The van der Waals surface area contributed by atoms with Crippen molar-refractivity contribution in [2.45, 2.75) is 13.8 Å². The van der Waals surface area contributed by atoms with E-state index in [4.69, 9.17) is 0 Å². The molecule has 0 aromatic heterocycles. The largest absolute Gasteiger partial charge is 0.277 e. The summed E-state index contributed by atoms with van der Waals surface area (Å²) >= 11 is 0. The Kier molecular flexibility index (Phi) is 3.44. The van der Waals surface area contributed by atoms with E-state index in [0.717, 1.165) is 23.0 Å². The Hall–Kier alpha value is -2.62. The minimum Gasteiger partial charge on any atom is -0.277 e. The summed E-state index contributed by atoms with van der Waals surface area (Å²) in [5.74, 6) is 1.64. The molecule has 2 aromatic rings. The molecule has 1 aliphatic rings. The topological polar surface area (TPSA) is 40.0 Å². The third kappa shape index (κ3) is 2.94. The van der Waals surface area contributed by atoms with Crippen LogP contribution in [0, 0.1) is 13.8 Å². The summed E-state index contributed by atoms with van der Waals surface area (Å²) in [7, 11) is 1.93. The van der Waals surface area contributed by atoms with Gasteiger partial charge in [-0.2, -0.15) is 0 Å². The average Bonchev–Trinajstić information content (AvgIpc) is 2.48. The molecule has 4 heteroatoms. The Morgan fingerprint density at radius 3 is 1.71 bits per heavy atom. The fourth-order valence-corrected chi connectivity index (χ4v) is 2.06. The second-order valence-corrected chi connectivity index (χ2v) is 5.24. The van der Waals surface area contributed by atoms with Crippen molar-refractivity contribution in [1.82, 2.24) is 10.4 Å². The van der Waals surface area contributed by atoms with Gasteiger partial charge in [-0.3, -0.25) is 10.4 Å². The van der Waals surface area contributed by atoms with E-state index in [9.17, 15) is 0 Å². The lowest BCUT2D eigenvalue weighted by atomic mass is 10.2. The van der Waals surface area contributed by atoms with E-state index in [1.54, 1.807) is 0 Å². The molecule has 0 atom stereocenters. The maximum absolute atomic E-state index is 4.63. The van der Waals surface area contributed by atoms with Crippen LogP contribution >= 0.6 is 0 Å². The lowest BCUT2D eigenvalue weighted by molar-refractivity contribution is 0.422. The zero-order valence-electron chi connectivity index (χ0n) is 12.5. The molecule has 1 fully saturated rings. The highest BCUT2D eigenvalue weighted by atomic mass is 15.6. The predicted octanol–water partition coefficient (Wildman–Crippen LogP) is 3.51. The van der Waals surface area contributed by atoms with Crippen molar-refractivity contribution in [2.75, 3.05) is 7.05 Å². The highest BCUT2D eigenvalue weighted by Gasteiger charge is 2.26. The molecule has 0 saturated carbocycles. The van der Waals surface area contributed by atoms with Gasteiger partial charge >= 0.3 is 0 Å². The number of aryl methyl sites for hydroxylation is 2. The van der Waals surface area contributed by atoms with Crippen LogP contribution in [0.15, 0.2) is 58.5 Å². The maximum Gasteiger partial charge on any atom is 0.192 e. The van der Waals surface area contributed by atoms with Crippen LogP contribution in [-0.4, -0.2) is 23.7 Å². The van der Waals surface area contributed by atoms with Crippen molar-refractivity contribution in [3.8, 4) is 0 Å². The van der Waals surface area contributed by atoms with Gasteiger partial charge in [0.2, 0.25) is 0 Å². The molecule has 3 rings (SSSR count). The van der Waals surface area contributed by atoms with Gasteiger partial charge in [-0.05, 0) is 38.1 Å². The molecular formula is C17H18N4. The van der Waals surface area contributed by atoms with Crippen LogP contribution < -0.4 is 5.43 Å². The Morgan fingerprint density at radius 2 is 1.24 bits per heavy atom. The fraction of sp³-hybridized carbons (Fsp3) is 0.176. The summed E-state index contributed by atoms with van der Waals surface area (Å²) in [6.07, 6.45) is 0. The summed E-state index contributed by atoms with van der Waals surface area (Å²) in [5.41, 5.74) is 7.45. The molecule has 4 nitrogen and oxygen atoms in total. The van der Waals surface area contributed by atoms with Crippen molar-refractivity contribution in [3.63, 3.8) is 0 Å². The first-order valence-corrected chi connectivity index (χ1v) is 6.93. The first-order valence-electron chi connectivity index (χ1n) is 6.93. The van der Waals surface area contributed by atoms with Gasteiger partial charge in [-0.15, -0.1) is 0 Å². The monoisotopic (exact) mass is 278 g/mol. The Labute approximate surface area is 124 Å². The van der Waals surface area contributed by atoms with E-state index in [0.29, 0.717) is 0 Å². The molecule has 0 bridgehead atoms. The Bertz CT molecular complexity index is 697. The lowest BCUT2D eigenvalue weighted by Gasteiger charge is -2.33. The van der Waals surface area contributed by atoms with E-state index >= 15 is 0 Å². The molecule has 0 spiro atoms. The van der Waals surface area contributed by atoms with E-state index in [-0.39, 0.29) is 0 Å². The first kappa shape index (κ1) is 13.4. The van der Waals surface area contributed by atoms with Gasteiger partial charge in [-0.25, -0.2) is 9.98 Å². The van der Waals surface area contributed by atoms with Gasteiger partial charge in [0.1, 0.15) is 0 Å². The number of aliphatic imine (C=N–C) groups is 2. The molecule has 106 valence electrons. The molecule has 0 unspecified atom stereocenters. The number of nitrogens with one attached hydrogen (secondary N) is 1. The molecule has 0 radical (unpaired) electrons. The molecule has 0 aliphatic carbocycles. The third-order valence-corrected chi connectivity index (χ3v) is 3.35. The highest BCUT2D eigenvalue weighted by Crippen LogP contribution is 2.18. The van der Waals surface area contributed by atoms with Crippen LogP contribution in [0.25, 0.3) is 0 Å². The number of rotatable bonds is 2. The number of hydrazine groups is 1. The van der Waals surface area contributed by atoms with Crippen LogP contribution in [0.2, 0.25) is 0 Å². The molecule has 21 heavy (non-hydrogen) atoms. The van der Waals surface area contributed by atoms with E-state index in [1.807, 2.05) is 36.3 Å². The number of benzene rings is 2. The molecule has 2 aromatic carbocycles. The van der Waals surface area contributed by atoms with Crippen molar-refractivity contribution < 1.29 is 0 Å². The molecule has 1 saturated heterocycles. The molecule has 1 aliphatic heterocycles. The van der Waals surface area contributed by atoms with Gasteiger partial charge in [0.25, 0.3) is 0 Å². The number of hydrogen-bond donors (Lipinski definition) is 1. The van der Waals surface area contributed by atoms with Crippen LogP contribution in [-0.2, 0) is 0 Å². The summed E-state index contributed by atoms with van der Waals surface area (Å²) in [6.45, 7) is 4.13. The summed E-state index contributed by atoms with van der Waals surface area (Å²) in [5, 5.41) is 1.87. The quantitative estimate of drug-likeness (QED) is 0.913. The van der Waals surface area contributed by atoms with E-state index in [2.05, 4.69) is 53.5 Å². The molecule has 1 N–H and O–H groups in total. The van der Waals surface area contributed by atoms with Crippen molar-refractivity contribution in [2.24, 2.45) is 9.98 Å². The number of amidine groups is 2. The zero-order chi connectivity index (χ0) is 14.8. The van der Waals surface area contributed by atoms with E-state index in [1.165, 1.54) is 11.1 Å². The number of nitrogens with zero attached hydrogens (tertiary/aromatic N) is 3. The second kappa shape index (κ2) is 5.40. The molecular weight excluding hydrogens is 260 g/mol.